The van der Waals surface area contributed by atoms with E-state index in [2.05, 4.69) is 27.9 Å². The number of aromatic nitrogens is 3. The molecule has 5 heteroatoms. The lowest BCUT2D eigenvalue weighted by molar-refractivity contribution is 0.715. The Labute approximate surface area is 93.1 Å². The maximum absolute atomic E-state index is 4.27. The molecule has 0 bridgehead atoms. The Bertz CT molecular complexity index is 456. The van der Waals surface area contributed by atoms with Crippen molar-refractivity contribution in [3.8, 4) is 0 Å². The van der Waals surface area contributed by atoms with Crippen molar-refractivity contribution in [2.24, 2.45) is 12.0 Å². The standard InChI is InChI=1S/C10H10N4S/c1-14-9(10(15)12-13-14)11-7-8-5-3-2-4-6-8/h2-7,15H,1H3. The predicted molar refractivity (Wildman–Crippen MR) is 62.0 cm³/mol. The smallest absolute Gasteiger partial charge is 0.184 e. The number of thiol groups is 1. The van der Waals surface area contributed by atoms with Gasteiger partial charge in [0.15, 0.2) is 10.8 Å². The van der Waals surface area contributed by atoms with Gasteiger partial charge in [0.25, 0.3) is 0 Å². The number of hydrogen-bond acceptors (Lipinski definition) is 4. The lowest BCUT2D eigenvalue weighted by Crippen LogP contribution is -1.89. The molecule has 76 valence electrons. The van der Waals surface area contributed by atoms with Gasteiger partial charge in [-0.3, -0.25) is 0 Å². The number of nitrogens with zero attached hydrogens (tertiary/aromatic N) is 4. The van der Waals surface area contributed by atoms with Crippen molar-refractivity contribution < 1.29 is 0 Å². The van der Waals surface area contributed by atoms with E-state index in [0.717, 1.165) is 5.56 Å². The van der Waals surface area contributed by atoms with Gasteiger partial charge in [-0.2, -0.15) is 0 Å². The normalized spacial score (nSPS) is 11.1. The van der Waals surface area contributed by atoms with E-state index in [0.29, 0.717) is 10.8 Å². The Balaban J connectivity index is 2.26. The van der Waals surface area contributed by atoms with Crippen molar-refractivity contribution in [1.29, 1.82) is 0 Å². The summed E-state index contributed by atoms with van der Waals surface area (Å²) in [5, 5.41) is 8.13. The van der Waals surface area contributed by atoms with Crippen LogP contribution >= 0.6 is 12.6 Å². The first-order valence-corrected chi connectivity index (χ1v) is 4.90. The van der Waals surface area contributed by atoms with Gasteiger partial charge in [0.05, 0.1) is 0 Å². The average molecular weight is 218 g/mol. The summed E-state index contributed by atoms with van der Waals surface area (Å²) in [4.78, 5) is 4.27. The summed E-state index contributed by atoms with van der Waals surface area (Å²) in [5.74, 6) is 0.655. The van der Waals surface area contributed by atoms with Gasteiger partial charge in [-0.15, -0.1) is 17.7 Å². The van der Waals surface area contributed by atoms with E-state index in [1.54, 1.807) is 17.9 Å². The average Bonchev–Trinajstić information content (AvgIpc) is 2.58. The molecule has 0 N–H and O–H groups in total. The molecule has 1 aromatic carbocycles. The SMILES string of the molecule is Cn1nnc(S)c1N=Cc1ccccc1. The van der Waals surface area contributed by atoms with Crippen LogP contribution in [0.4, 0.5) is 5.82 Å². The minimum absolute atomic E-state index is 0.532. The molecule has 0 radical (unpaired) electrons. The van der Waals surface area contributed by atoms with Crippen molar-refractivity contribution in [3.05, 3.63) is 35.9 Å². The van der Waals surface area contributed by atoms with Crippen LogP contribution in [0.5, 0.6) is 0 Å². The van der Waals surface area contributed by atoms with E-state index in [1.807, 2.05) is 30.3 Å². The molecule has 0 unspecified atom stereocenters. The second-order valence-corrected chi connectivity index (χ2v) is 3.45. The summed E-state index contributed by atoms with van der Waals surface area (Å²) < 4.78 is 1.59. The second kappa shape index (κ2) is 4.27. The lowest BCUT2D eigenvalue weighted by Gasteiger charge is -1.93. The monoisotopic (exact) mass is 218 g/mol. The maximum atomic E-state index is 4.27. The van der Waals surface area contributed by atoms with Crippen LogP contribution in [0.2, 0.25) is 0 Å². The molecule has 1 aromatic heterocycles. The molecule has 4 nitrogen and oxygen atoms in total. The largest absolute Gasteiger partial charge is 0.234 e. The van der Waals surface area contributed by atoms with Crippen LogP contribution in [-0.2, 0) is 7.05 Å². The first-order valence-electron chi connectivity index (χ1n) is 4.45. The van der Waals surface area contributed by atoms with Crippen LogP contribution in [0.25, 0.3) is 0 Å². The van der Waals surface area contributed by atoms with Crippen LogP contribution < -0.4 is 0 Å². The number of rotatable bonds is 2. The van der Waals surface area contributed by atoms with Crippen LogP contribution in [0.1, 0.15) is 5.56 Å². The number of benzene rings is 1. The highest BCUT2D eigenvalue weighted by Gasteiger charge is 2.03. The molecule has 0 saturated carbocycles. The van der Waals surface area contributed by atoms with E-state index in [9.17, 15) is 0 Å². The third-order valence-corrected chi connectivity index (χ3v) is 2.21. The zero-order valence-electron chi connectivity index (χ0n) is 8.20. The van der Waals surface area contributed by atoms with Crippen LogP contribution in [0.15, 0.2) is 40.4 Å². The van der Waals surface area contributed by atoms with Crippen LogP contribution in [0, 0.1) is 0 Å². The molecule has 0 amide bonds. The first kappa shape index (κ1) is 9.92. The Morgan fingerprint density at radius 3 is 2.67 bits per heavy atom. The molecule has 2 aromatic rings. The summed E-state index contributed by atoms with van der Waals surface area (Å²) in [7, 11) is 1.78. The topological polar surface area (TPSA) is 43.1 Å². The summed E-state index contributed by atoms with van der Waals surface area (Å²) in [6.07, 6.45) is 1.76. The number of aryl methyl sites for hydroxylation is 1. The molecule has 0 aliphatic carbocycles. The zero-order valence-corrected chi connectivity index (χ0v) is 9.09. The number of hydrogen-bond donors (Lipinski definition) is 1. The Morgan fingerprint density at radius 2 is 2.07 bits per heavy atom. The fourth-order valence-electron chi connectivity index (χ4n) is 1.16. The third-order valence-electron chi connectivity index (χ3n) is 1.92. The summed E-state index contributed by atoms with van der Waals surface area (Å²) in [6.45, 7) is 0. The fraction of sp³-hybridized carbons (Fsp3) is 0.100. The fourth-order valence-corrected chi connectivity index (χ4v) is 1.40. The number of aliphatic imine (C=N–C) groups is 1. The molecule has 0 spiro atoms. The van der Waals surface area contributed by atoms with Crippen molar-refractivity contribution in [2.75, 3.05) is 0 Å². The van der Waals surface area contributed by atoms with Gasteiger partial charge < -0.3 is 0 Å². The Hall–Kier alpha value is -1.62. The molecular formula is C10H10N4S. The molecule has 0 aliphatic rings. The van der Waals surface area contributed by atoms with E-state index in [1.165, 1.54) is 0 Å². The molecule has 0 atom stereocenters. The van der Waals surface area contributed by atoms with Gasteiger partial charge in [-0.1, -0.05) is 35.5 Å². The Kier molecular flexibility index (Phi) is 2.82. The molecular weight excluding hydrogens is 208 g/mol. The highest BCUT2D eigenvalue weighted by molar-refractivity contribution is 7.80. The summed E-state index contributed by atoms with van der Waals surface area (Å²) in [5.41, 5.74) is 1.03. The van der Waals surface area contributed by atoms with E-state index in [-0.39, 0.29) is 0 Å². The maximum Gasteiger partial charge on any atom is 0.184 e. The second-order valence-electron chi connectivity index (χ2n) is 3.03. The van der Waals surface area contributed by atoms with Gasteiger partial charge in [0.2, 0.25) is 0 Å². The van der Waals surface area contributed by atoms with E-state index in [4.69, 9.17) is 0 Å². The van der Waals surface area contributed by atoms with E-state index < -0.39 is 0 Å². The molecule has 15 heavy (non-hydrogen) atoms. The van der Waals surface area contributed by atoms with Gasteiger partial charge in [-0.25, -0.2) is 9.67 Å². The minimum atomic E-state index is 0.532. The van der Waals surface area contributed by atoms with Crippen molar-refractivity contribution >= 4 is 24.7 Å². The summed E-state index contributed by atoms with van der Waals surface area (Å²) in [6, 6.07) is 9.85. The molecule has 0 fully saturated rings. The first-order chi connectivity index (χ1) is 7.27. The predicted octanol–water partition coefficient (Wildman–Crippen LogP) is 1.85. The quantitative estimate of drug-likeness (QED) is 0.617. The zero-order chi connectivity index (χ0) is 10.7. The van der Waals surface area contributed by atoms with Crippen molar-refractivity contribution in [3.63, 3.8) is 0 Å². The van der Waals surface area contributed by atoms with Crippen LogP contribution in [0.3, 0.4) is 0 Å². The molecule has 0 aliphatic heterocycles. The molecule has 0 saturated heterocycles. The highest BCUT2D eigenvalue weighted by atomic mass is 32.1. The minimum Gasteiger partial charge on any atom is -0.234 e. The molecule has 1 heterocycles. The van der Waals surface area contributed by atoms with Gasteiger partial charge >= 0.3 is 0 Å². The van der Waals surface area contributed by atoms with Crippen LogP contribution in [-0.4, -0.2) is 21.2 Å². The van der Waals surface area contributed by atoms with E-state index >= 15 is 0 Å². The molecule has 2 rings (SSSR count). The van der Waals surface area contributed by atoms with Gasteiger partial charge in [0, 0.05) is 13.3 Å². The highest BCUT2D eigenvalue weighted by Crippen LogP contribution is 2.18. The van der Waals surface area contributed by atoms with Crippen molar-refractivity contribution in [1.82, 2.24) is 15.0 Å². The van der Waals surface area contributed by atoms with Gasteiger partial charge in [0.1, 0.15) is 0 Å². The Morgan fingerprint density at radius 1 is 1.33 bits per heavy atom. The summed E-state index contributed by atoms with van der Waals surface area (Å²) >= 11 is 4.16. The van der Waals surface area contributed by atoms with Gasteiger partial charge in [-0.05, 0) is 5.56 Å². The van der Waals surface area contributed by atoms with Crippen molar-refractivity contribution in [2.45, 2.75) is 5.03 Å². The third kappa shape index (κ3) is 2.24. The lowest BCUT2D eigenvalue weighted by atomic mass is 10.2.